The second-order valence-corrected chi connectivity index (χ2v) is 4.57. The van der Waals surface area contributed by atoms with Crippen LogP contribution < -0.4 is 10.1 Å². The number of nitrogens with zero attached hydrogens (tertiary/aromatic N) is 1. The molecule has 0 fully saturated rings. The molecule has 0 saturated heterocycles. The third kappa shape index (κ3) is 3.95. The molecule has 0 atom stereocenters. The molecule has 2 aromatic rings. The highest BCUT2D eigenvalue weighted by atomic mass is 32.1. The van der Waals surface area contributed by atoms with Gasteiger partial charge in [-0.1, -0.05) is 18.2 Å². The van der Waals surface area contributed by atoms with Crippen LogP contribution in [0.15, 0.2) is 35.8 Å². The number of carbonyl (C=O) groups excluding carboxylic acids is 1. The molecule has 8 heteroatoms. The van der Waals surface area contributed by atoms with Crippen LogP contribution in [-0.2, 0) is 6.54 Å². The number of hydrogen-bond acceptors (Lipinski definition) is 4. The van der Waals surface area contributed by atoms with Gasteiger partial charge in [0, 0.05) is 23.7 Å². The van der Waals surface area contributed by atoms with E-state index in [-0.39, 0.29) is 22.9 Å². The first-order valence-electron chi connectivity index (χ1n) is 5.47. The molecular weight excluding hydrogens is 293 g/mol. The number of hydrogen-bond donors (Lipinski definition) is 1. The molecule has 1 amide bonds. The molecule has 0 radical (unpaired) electrons. The molecule has 0 aliphatic rings. The first kappa shape index (κ1) is 14.3. The van der Waals surface area contributed by atoms with Crippen molar-refractivity contribution < 1.29 is 22.7 Å². The highest BCUT2D eigenvalue weighted by Crippen LogP contribution is 2.26. The maximum atomic E-state index is 12.2. The SMILES string of the molecule is O=C(NCc1ccccc1OC(F)(F)F)c1nccs1. The minimum atomic E-state index is -4.77. The molecule has 0 aliphatic heterocycles. The Hall–Kier alpha value is -2.09. The number of ether oxygens (including phenoxy) is 1. The van der Waals surface area contributed by atoms with E-state index in [0.29, 0.717) is 0 Å². The fourth-order valence-electron chi connectivity index (χ4n) is 1.46. The lowest BCUT2D eigenvalue weighted by Gasteiger charge is -2.13. The van der Waals surface area contributed by atoms with Crippen LogP contribution >= 0.6 is 11.3 Å². The molecule has 106 valence electrons. The van der Waals surface area contributed by atoms with Crippen molar-refractivity contribution >= 4 is 17.2 Å². The first-order chi connectivity index (χ1) is 9.46. The lowest BCUT2D eigenvalue weighted by Crippen LogP contribution is -2.24. The normalized spacial score (nSPS) is 11.2. The van der Waals surface area contributed by atoms with Crippen molar-refractivity contribution in [3.8, 4) is 5.75 Å². The minimum Gasteiger partial charge on any atom is -0.405 e. The number of amides is 1. The summed E-state index contributed by atoms with van der Waals surface area (Å²) in [4.78, 5) is 15.5. The average molecular weight is 302 g/mol. The molecule has 0 saturated carbocycles. The molecule has 1 N–H and O–H groups in total. The number of alkyl halides is 3. The summed E-state index contributed by atoms with van der Waals surface area (Å²) in [6, 6.07) is 5.63. The zero-order chi connectivity index (χ0) is 14.6. The summed E-state index contributed by atoms with van der Waals surface area (Å²) in [5.41, 5.74) is 0.231. The van der Waals surface area contributed by atoms with Crippen LogP contribution in [0.4, 0.5) is 13.2 Å². The summed E-state index contributed by atoms with van der Waals surface area (Å²) in [7, 11) is 0. The van der Waals surface area contributed by atoms with Gasteiger partial charge in [-0.25, -0.2) is 4.98 Å². The quantitative estimate of drug-likeness (QED) is 0.944. The Morgan fingerprint density at radius 3 is 2.75 bits per heavy atom. The molecule has 1 heterocycles. The third-order valence-electron chi connectivity index (χ3n) is 2.26. The summed E-state index contributed by atoms with van der Waals surface area (Å²) in [6.45, 7) is -0.0787. The molecule has 0 bridgehead atoms. The van der Waals surface area contributed by atoms with Crippen LogP contribution in [0, 0.1) is 0 Å². The molecule has 20 heavy (non-hydrogen) atoms. The van der Waals surface area contributed by atoms with Gasteiger partial charge >= 0.3 is 6.36 Å². The summed E-state index contributed by atoms with van der Waals surface area (Å²) >= 11 is 1.15. The van der Waals surface area contributed by atoms with Gasteiger partial charge in [-0.05, 0) is 6.07 Å². The Labute approximate surface area is 116 Å². The van der Waals surface area contributed by atoms with Gasteiger partial charge in [-0.2, -0.15) is 0 Å². The highest BCUT2D eigenvalue weighted by Gasteiger charge is 2.31. The Bertz CT molecular complexity index is 585. The van der Waals surface area contributed by atoms with Gasteiger partial charge in [0.1, 0.15) is 5.75 Å². The van der Waals surface area contributed by atoms with E-state index in [0.717, 1.165) is 11.3 Å². The van der Waals surface area contributed by atoms with E-state index in [1.54, 1.807) is 11.4 Å². The Morgan fingerprint density at radius 2 is 2.10 bits per heavy atom. The zero-order valence-corrected chi connectivity index (χ0v) is 10.8. The van der Waals surface area contributed by atoms with Gasteiger partial charge in [0.05, 0.1) is 0 Å². The molecule has 4 nitrogen and oxygen atoms in total. The number of halogens is 3. The van der Waals surface area contributed by atoms with Crippen LogP contribution in [0.2, 0.25) is 0 Å². The third-order valence-corrected chi connectivity index (χ3v) is 3.04. The largest absolute Gasteiger partial charge is 0.573 e. The molecule has 0 spiro atoms. The number of carbonyl (C=O) groups is 1. The molecule has 2 rings (SSSR count). The van der Waals surface area contributed by atoms with Gasteiger partial charge in [-0.3, -0.25) is 4.79 Å². The molecule has 1 aromatic heterocycles. The van der Waals surface area contributed by atoms with Crippen LogP contribution in [0.25, 0.3) is 0 Å². The Morgan fingerprint density at radius 1 is 1.35 bits per heavy atom. The van der Waals surface area contributed by atoms with Crippen LogP contribution in [0.3, 0.4) is 0 Å². The van der Waals surface area contributed by atoms with Crippen molar-refractivity contribution in [2.24, 2.45) is 0 Å². The summed E-state index contributed by atoms with van der Waals surface area (Å²) in [5.74, 6) is -0.777. The lowest BCUT2D eigenvalue weighted by atomic mass is 10.2. The second-order valence-electron chi connectivity index (χ2n) is 3.68. The summed E-state index contributed by atoms with van der Waals surface area (Å²) in [5, 5.41) is 4.37. The number of benzene rings is 1. The predicted octanol–water partition coefficient (Wildman–Crippen LogP) is 2.97. The highest BCUT2D eigenvalue weighted by molar-refractivity contribution is 7.11. The van der Waals surface area contributed by atoms with E-state index in [9.17, 15) is 18.0 Å². The van der Waals surface area contributed by atoms with Gasteiger partial charge in [0.25, 0.3) is 5.91 Å². The fourth-order valence-corrected chi connectivity index (χ4v) is 2.01. The number of rotatable bonds is 4. The van der Waals surface area contributed by atoms with E-state index in [4.69, 9.17) is 0 Å². The number of thiazole rings is 1. The van der Waals surface area contributed by atoms with Gasteiger partial charge in [-0.15, -0.1) is 24.5 Å². The predicted molar refractivity (Wildman–Crippen MR) is 66.4 cm³/mol. The Kier molecular flexibility index (Phi) is 4.23. The topological polar surface area (TPSA) is 51.2 Å². The van der Waals surface area contributed by atoms with Crippen LogP contribution in [0.5, 0.6) is 5.75 Å². The van der Waals surface area contributed by atoms with Crippen molar-refractivity contribution in [3.63, 3.8) is 0 Å². The number of nitrogens with one attached hydrogen (secondary N) is 1. The van der Waals surface area contributed by atoms with Crippen molar-refractivity contribution in [1.82, 2.24) is 10.3 Å². The van der Waals surface area contributed by atoms with E-state index >= 15 is 0 Å². The first-order valence-corrected chi connectivity index (χ1v) is 6.35. The van der Waals surface area contributed by atoms with E-state index in [1.807, 2.05) is 0 Å². The zero-order valence-electron chi connectivity index (χ0n) is 9.98. The van der Waals surface area contributed by atoms with Crippen molar-refractivity contribution in [2.75, 3.05) is 0 Å². The number of para-hydroxylation sites is 1. The maximum absolute atomic E-state index is 12.2. The molecule has 0 unspecified atom stereocenters. The maximum Gasteiger partial charge on any atom is 0.573 e. The Balaban J connectivity index is 2.04. The van der Waals surface area contributed by atoms with Crippen molar-refractivity contribution in [1.29, 1.82) is 0 Å². The summed E-state index contributed by atoms with van der Waals surface area (Å²) < 4.78 is 40.6. The summed E-state index contributed by atoms with van der Waals surface area (Å²) in [6.07, 6.45) is -3.30. The van der Waals surface area contributed by atoms with E-state index < -0.39 is 12.3 Å². The van der Waals surface area contributed by atoms with Crippen molar-refractivity contribution in [3.05, 3.63) is 46.4 Å². The average Bonchev–Trinajstić information content (AvgIpc) is 2.89. The molecule has 0 aliphatic carbocycles. The number of aromatic nitrogens is 1. The smallest absolute Gasteiger partial charge is 0.405 e. The lowest BCUT2D eigenvalue weighted by molar-refractivity contribution is -0.274. The minimum absolute atomic E-state index is 0.0787. The van der Waals surface area contributed by atoms with Crippen molar-refractivity contribution in [2.45, 2.75) is 12.9 Å². The van der Waals surface area contributed by atoms with Gasteiger partial charge < -0.3 is 10.1 Å². The van der Waals surface area contributed by atoms with E-state index in [1.165, 1.54) is 24.4 Å². The molecular formula is C12H9F3N2O2S. The second kappa shape index (κ2) is 5.91. The monoisotopic (exact) mass is 302 g/mol. The van der Waals surface area contributed by atoms with Crippen LogP contribution in [-0.4, -0.2) is 17.3 Å². The van der Waals surface area contributed by atoms with Crippen LogP contribution in [0.1, 0.15) is 15.4 Å². The fraction of sp³-hybridized carbons (Fsp3) is 0.167. The van der Waals surface area contributed by atoms with E-state index in [2.05, 4.69) is 15.0 Å². The van der Waals surface area contributed by atoms with Gasteiger partial charge in [0.15, 0.2) is 5.01 Å². The standard InChI is InChI=1S/C12H9F3N2O2S/c13-12(14,15)19-9-4-2-1-3-8(9)7-17-10(18)11-16-5-6-20-11/h1-6H,7H2,(H,17,18). The van der Waals surface area contributed by atoms with Gasteiger partial charge in [0.2, 0.25) is 0 Å². The molecule has 1 aromatic carbocycles.